The summed E-state index contributed by atoms with van der Waals surface area (Å²) >= 11 is 0. The normalized spacial score (nSPS) is 20.2. The third-order valence-corrected chi connectivity index (χ3v) is 3.93. The predicted octanol–water partition coefficient (Wildman–Crippen LogP) is 1.39. The van der Waals surface area contributed by atoms with E-state index in [1.54, 1.807) is 12.0 Å². The van der Waals surface area contributed by atoms with Crippen LogP contribution in [0.2, 0.25) is 0 Å². The molecule has 0 spiro atoms. The van der Waals surface area contributed by atoms with Gasteiger partial charge in [-0.2, -0.15) is 0 Å². The first-order chi connectivity index (χ1) is 8.05. The molecular formula is C13H26N2O2. The Morgan fingerprint density at radius 1 is 1.47 bits per heavy atom. The zero-order valence-corrected chi connectivity index (χ0v) is 11.4. The van der Waals surface area contributed by atoms with Gasteiger partial charge in [-0.1, -0.05) is 19.8 Å². The van der Waals surface area contributed by atoms with Gasteiger partial charge in [-0.05, 0) is 19.3 Å². The highest BCUT2D eigenvalue weighted by atomic mass is 16.5. The standard InChI is InChI=1S/C13H26N2O2/c1-4-13(7-5-6-8-13)12(16)15(2)9-11(14)10-17-3/h11H,4-10,14H2,1-3H3. The van der Waals surface area contributed by atoms with E-state index in [0.29, 0.717) is 13.2 Å². The second-order valence-electron chi connectivity index (χ2n) is 5.24. The molecule has 100 valence electrons. The van der Waals surface area contributed by atoms with Crippen LogP contribution in [-0.2, 0) is 9.53 Å². The Morgan fingerprint density at radius 2 is 2.06 bits per heavy atom. The number of methoxy groups -OCH3 is 1. The molecule has 0 aromatic carbocycles. The summed E-state index contributed by atoms with van der Waals surface area (Å²) in [5.74, 6) is 0.268. The van der Waals surface area contributed by atoms with E-state index < -0.39 is 0 Å². The Bertz CT molecular complexity index is 250. The molecule has 1 fully saturated rings. The smallest absolute Gasteiger partial charge is 0.228 e. The van der Waals surface area contributed by atoms with Gasteiger partial charge in [-0.3, -0.25) is 4.79 Å². The summed E-state index contributed by atoms with van der Waals surface area (Å²) in [6, 6.07) is -0.0933. The first kappa shape index (κ1) is 14.5. The Morgan fingerprint density at radius 3 is 2.53 bits per heavy atom. The van der Waals surface area contributed by atoms with Crippen molar-refractivity contribution in [2.45, 2.75) is 45.1 Å². The molecule has 0 saturated heterocycles. The zero-order valence-electron chi connectivity index (χ0n) is 11.4. The highest BCUT2D eigenvalue weighted by molar-refractivity contribution is 5.82. The van der Waals surface area contributed by atoms with Crippen LogP contribution in [0, 0.1) is 5.41 Å². The highest BCUT2D eigenvalue weighted by Crippen LogP contribution is 2.42. The number of hydrogen-bond donors (Lipinski definition) is 1. The molecule has 1 rings (SSSR count). The van der Waals surface area contributed by atoms with Crippen LogP contribution in [0.25, 0.3) is 0 Å². The lowest BCUT2D eigenvalue weighted by atomic mass is 9.82. The van der Waals surface area contributed by atoms with E-state index in [1.165, 1.54) is 12.8 Å². The van der Waals surface area contributed by atoms with E-state index >= 15 is 0 Å². The van der Waals surface area contributed by atoms with Crippen molar-refractivity contribution in [2.24, 2.45) is 11.1 Å². The lowest BCUT2D eigenvalue weighted by Gasteiger charge is -2.32. The zero-order chi connectivity index (χ0) is 12.9. The predicted molar refractivity (Wildman–Crippen MR) is 68.7 cm³/mol. The molecule has 4 heteroatoms. The molecular weight excluding hydrogens is 216 g/mol. The molecule has 0 aromatic heterocycles. The SMILES string of the molecule is CCC1(C(=O)N(C)CC(N)COC)CCCC1. The van der Waals surface area contributed by atoms with Crippen molar-refractivity contribution in [3.63, 3.8) is 0 Å². The summed E-state index contributed by atoms with van der Waals surface area (Å²) < 4.78 is 5.00. The van der Waals surface area contributed by atoms with Crippen molar-refractivity contribution in [3.05, 3.63) is 0 Å². The first-order valence-electron chi connectivity index (χ1n) is 6.56. The molecule has 0 aromatic rings. The summed E-state index contributed by atoms with van der Waals surface area (Å²) in [5, 5.41) is 0. The number of likely N-dealkylation sites (N-methyl/N-ethyl adjacent to an activating group) is 1. The maximum atomic E-state index is 12.5. The van der Waals surface area contributed by atoms with Gasteiger partial charge in [0.15, 0.2) is 0 Å². The Labute approximate surface area is 104 Å². The average molecular weight is 242 g/mol. The first-order valence-corrected chi connectivity index (χ1v) is 6.56. The third-order valence-electron chi connectivity index (χ3n) is 3.93. The number of rotatable bonds is 6. The van der Waals surface area contributed by atoms with Gasteiger partial charge in [0.25, 0.3) is 0 Å². The highest BCUT2D eigenvalue weighted by Gasteiger charge is 2.41. The van der Waals surface area contributed by atoms with Crippen LogP contribution >= 0.6 is 0 Å². The second-order valence-corrected chi connectivity index (χ2v) is 5.24. The van der Waals surface area contributed by atoms with Crippen molar-refractivity contribution < 1.29 is 9.53 Å². The molecule has 1 aliphatic rings. The largest absolute Gasteiger partial charge is 0.383 e. The number of hydrogen-bond acceptors (Lipinski definition) is 3. The molecule has 1 atom stereocenters. The van der Waals surface area contributed by atoms with Crippen molar-refractivity contribution in [1.29, 1.82) is 0 Å². The third kappa shape index (κ3) is 3.42. The lowest BCUT2D eigenvalue weighted by molar-refractivity contribution is -0.141. The number of carbonyl (C=O) groups is 1. The van der Waals surface area contributed by atoms with Crippen LogP contribution in [0.1, 0.15) is 39.0 Å². The number of nitrogens with zero attached hydrogens (tertiary/aromatic N) is 1. The quantitative estimate of drug-likeness (QED) is 0.765. The lowest BCUT2D eigenvalue weighted by Crippen LogP contribution is -2.46. The maximum absolute atomic E-state index is 12.5. The van der Waals surface area contributed by atoms with E-state index in [-0.39, 0.29) is 17.4 Å². The average Bonchev–Trinajstić information content (AvgIpc) is 2.78. The number of nitrogens with two attached hydrogens (primary N) is 1. The summed E-state index contributed by atoms with van der Waals surface area (Å²) in [4.78, 5) is 14.3. The molecule has 17 heavy (non-hydrogen) atoms. The Kier molecular flexibility index (Phi) is 5.40. The van der Waals surface area contributed by atoms with Gasteiger partial charge in [-0.25, -0.2) is 0 Å². The molecule has 0 bridgehead atoms. The van der Waals surface area contributed by atoms with Gasteiger partial charge in [0.05, 0.1) is 6.61 Å². The fourth-order valence-electron chi connectivity index (χ4n) is 2.88. The topological polar surface area (TPSA) is 55.6 Å². The summed E-state index contributed by atoms with van der Waals surface area (Å²) in [7, 11) is 3.49. The number of carbonyl (C=O) groups excluding carboxylic acids is 1. The van der Waals surface area contributed by atoms with Gasteiger partial charge in [0.2, 0.25) is 5.91 Å². The Balaban J connectivity index is 2.55. The van der Waals surface area contributed by atoms with Crippen LogP contribution in [0.3, 0.4) is 0 Å². The monoisotopic (exact) mass is 242 g/mol. The van der Waals surface area contributed by atoms with Crippen LogP contribution in [0.5, 0.6) is 0 Å². The maximum Gasteiger partial charge on any atom is 0.228 e. The van der Waals surface area contributed by atoms with Gasteiger partial charge < -0.3 is 15.4 Å². The van der Waals surface area contributed by atoms with E-state index in [0.717, 1.165) is 19.3 Å². The van der Waals surface area contributed by atoms with Crippen LogP contribution in [0.15, 0.2) is 0 Å². The molecule has 4 nitrogen and oxygen atoms in total. The van der Waals surface area contributed by atoms with Gasteiger partial charge in [-0.15, -0.1) is 0 Å². The van der Waals surface area contributed by atoms with Crippen molar-refractivity contribution >= 4 is 5.91 Å². The van der Waals surface area contributed by atoms with Crippen LogP contribution < -0.4 is 5.73 Å². The van der Waals surface area contributed by atoms with Gasteiger partial charge in [0, 0.05) is 32.2 Å². The molecule has 1 saturated carbocycles. The van der Waals surface area contributed by atoms with Crippen LogP contribution in [0.4, 0.5) is 0 Å². The van der Waals surface area contributed by atoms with Crippen LogP contribution in [-0.4, -0.2) is 44.2 Å². The van der Waals surface area contributed by atoms with Gasteiger partial charge >= 0.3 is 0 Å². The summed E-state index contributed by atoms with van der Waals surface area (Å²) in [6.07, 6.45) is 5.36. The summed E-state index contributed by atoms with van der Waals surface area (Å²) in [6.45, 7) is 3.19. The van der Waals surface area contributed by atoms with E-state index in [1.807, 2.05) is 7.05 Å². The van der Waals surface area contributed by atoms with E-state index in [9.17, 15) is 4.79 Å². The van der Waals surface area contributed by atoms with Gasteiger partial charge in [0.1, 0.15) is 0 Å². The minimum absolute atomic E-state index is 0.0933. The summed E-state index contributed by atoms with van der Waals surface area (Å²) in [5.41, 5.74) is 5.78. The van der Waals surface area contributed by atoms with Crippen molar-refractivity contribution in [1.82, 2.24) is 4.90 Å². The number of amides is 1. The molecule has 0 heterocycles. The molecule has 1 aliphatic carbocycles. The molecule has 2 N–H and O–H groups in total. The molecule has 1 unspecified atom stereocenters. The van der Waals surface area contributed by atoms with Crippen molar-refractivity contribution in [3.8, 4) is 0 Å². The minimum atomic E-state index is -0.110. The van der Waals surface area contributed by atoms with E-state index in [4.69, 9.17) is 10.5 Å². The minimum Gasteiger partial charge on any atom is -0.383 e. The molecule has 0 aliphatic heterocycles. The fourth-order valence-corrected chi connectivity index (χ4v) is 2.88. The fraction of sp³-hybridized carbons (Fsp3) is 0.923. The van der Waals surface area contributed by atoms with Crippen molar-refractivity contribution in [2.75, 3.05) is 27.3 Å². The molecule has 0 radical (unpaired) electrons. The Hall–Kier alpha value is -0.610. The number of ether oxygens (including phenoxy) is 1. The second kappa shape index (κ2) is 6.36. The molecule has 1 amide bonds. The van der Waals surface area contributed by atoms with E-state index in [2.05, 4.69) is 6.92 Å².